The van der Waals surface area contributed by atoms with Gasteiger partial charge in [-0.15, -0.1) is 0 Å². The molecule has 0 fully saturated rings. The van der Waals surface area contributed by atoms with Crippen LogP contribution < -0.4 is 10.7 Å². The lowest BCUT2D eigenvalue weighted by Crippen LogP contribution is -2.32. The van der Waals surface area contributed by atoms with Crippen LogP contribution in [0.25, 0.3) is 6.08 Å². The summed E-state index contributed by atoms with van der Waals surface area (Å²) in [6.45, 7) is 2.05. The average Bonchev–Trinajstić information content (AvgIpc) is 2.62. The van der Waals surface area contributed by atoms with Gasteiger partial charge >= 0.3 is 11.8 Å². The predicted molar refractivity (Wildman–Crippen MR) is 96.6 cm³/mol. The van der Waals surface area contributed by atoms with Gasteiger partial charge in [0, 0.05) is 11.9 Å². The molecule has 0 spiro atoms. The smallest absolute Gasteiger partial charge is 0.318 e. The number of carbonyl (C=O) groups excluding carboxylic acids is 2. The molecule has 0 aliphatic heterocycles. The number of nitrogens with one attached hydrogen (secondary N) is 2. The average molecular weight is 321 g/mol. The molecule has 5 heteroatoms. The van der Waals surface area contributed by atoms with Crippen molar-refractivity contribution >= 4 is 29.8 Å². The fraction of sp³-hybridized carbons (Fsp3) is 0.105. The van der Waals surface area contributed by atoms with Crippen molar-refractivity contribution in [1.29, 1.82) is 0 Å². The first-order valence-electron chi connectivity index (χ1n) is 7.64. The summed E-state index contributed by atoms with van der Waals surface area (Å²) in [6.07, 6.45) is 5.84. The molecule has 0 aromatic heterocycles. The second kappa shape index (κ2) is 9.05. The molecule has 0 aliphatic rings. The van der Waals surface area contributed by atoms with E-state index < -0.39 is 11.8 Å². The maximum absolute atomic E-state index is 11.7. The molecule has 0 heterocycles. The van der Waals surface area contributed by atoms with E-state index in [1.165, 1.54) is 6.21 Å². The quantitative estimate of drug-likeness (QED) is 0.505. The largest absolute Gasteiger partial charge is 0.329 e. The first-order valence-corrected chi connectivity index (χ1v) is 7.64. The van der Waals surface area contributed by atoms with Gasteiger partial charge in [-0.3, -0.25) is 9.59 Å². The van der Waals surface area contributed by atoms with Crippen LogP contribution >= 0.6 is 0 Å². The summed E-state index contributed by atoms with van der Waals surface area (Å²) >= 11 is 0. The van der Waals surface area contributed by atoms with Crippen molar-refractivity contribution in [3.8, 4) is 0 Å². The van der Waals surface area contributed by atoms with Crippen LogP contribution in [0.1, 0.15) is 18.1 Å². The van der Waals surface area contributed by atoms with E-state index in [4.69, 9.17) is 0 Å². The zero-order valence-electron chi connectivity index (χ0n) is 13.4. The Morgan fingerprint density at radius 3 is 2.38 bits per heavy atom. The number of amides is 2. The minimum absolute atomic E-state index is 0.570. The Kier molecular flexibility index (Phi) is 6.46. The molecule has 2 aromatic carbocycles. The van der Waals surface area contributed by atoms with Crippen molar-refractivity contribution in [3.05, 3.63) is 71.8 Å². The summed E-state index contributed by atoms with van der Waals surface area (Å²) < 4.78 is 0. The number of hydrazone groups is 1. The molecule has 0 saturated heterocycles. The third-order valence-electron chi connectivity index (χ3n) is 3.24. The summed E-state index contributed by atoms with van der Waals surface area (Å²) in [7, 11) is 0. The monoisotopic (exact) mass is 321 g/mol. The van der Waals surface area contributed by atoms with E-state index in [0.717, 1.165) is 17.5 Å². The predicted octanol–water partition coefficient (Wildman–Crippen LogP) is 3.00. The van der Waals surface area contributed by atoms with Gasteiger partial charge in [-0.1, -0.05) is 55.5 Å². The second-order valence-corrected chi connectivity index (χ2v) is 4.99. The molecule has 122 valence electrons. The Morgan fingerprint density at radius 1 is 1.00 bits per heavy atom. The van der Waals surface area contributed by atoms with E-state index in [1.54, 1.807) is 18.2 Å². The molecular weight excluding hydrogens is 302 g/mol. The molecule has 0 saturated carbocycles. The van der Waals surface area contributed by atoms with E-state index in [-0.39, 0.29) is 0 Å². The normalized spacial score (nSPS) is 10.9. The van der Waals surface area contributed by atoms with Gasteiger partial charge in [0.1, 0.15) is 0 Å². The highest BCUT2D eigenvalue weighted by molar-refractivity contribution is 6.39. The summed E-state index contributed by atoms with van der Waals surface area (Å²) in [4.78, 5) is 23.4. The molecule has 0 radical (unpaired) electrons. The number of carbonyl (C=O) groups is 2. The van der Waals surface area contributed by atoms with Gasteiger partial charge in [-0.25, -0.2) is 5.43 Å². The van der Waals surface area contributed by atoms with Gasteiger partial charge in [0.15, 0.2) is 0 Å². The van der Waals surface area contributed by atoms with Gasteiger partial charge in [0.05, 0.1) is 0 Å². The maximum atomic E-state index is 11.7. The number of allylic oxidation sites excluding steroid dienone is 1. The van der Waals surface area contributed by atoms with Crippen LogP contribution in [0.15, 0.2) is 65.8 Å². The lowest BCUT2D eigenvalue weighted by molar-refractivity contribution is -0.136. The van der Waals surface area contributed by atoms with Gasteiger partial charge in [-0.05, 0) is 35.8 Å². The van der Waals surface area contributed by atoms with E-state index >= 15 is 0 Å². The zero-order valence-corrected chi connectivity index (χ0v) is 13.4. The first kappa shape index (κ1) is 17.1. The van der Waals surface area contributed by atoms with E-state index in [2.05, 4.69) is 15.8 Å². The highest BCUT2D eigenvalue weighted by atomic mass is 16.2. The maximum Gasteiger partial charge on any atom is 0.329 e. The third-order valence-corrected chi connectivity index (χ3v) is 3.24. The number of nitrogens with zero attached hydrogens (tertiary/aromatic N) is 1. The van der Waals surface area contributed by atoms with E-state index in [9.17, 15) is 9.59 Å². The second-order valence-electron chi connectivity index (χ2n) is 4.99. The molecule has 2 aromatic rings. The Balaban J connectivity index is 1.79. The number of rotatable bonds is 5. The lowest BCUT2D eigenvalue weighted by Gasteiger charge is -2.04. The van der Waals surface area contributed by atoms with E-state index in [1.807, 2.05) is 55.5 Å². The van der Waals surface area contributed by atoms with Crippen LogP contribution in [-0.2, 0) is 16.0 Å². The SMILES string of the molecule is CCc1ccc(NC(=O)C(=O)NN=CC=Cc2ccccc2)cc1. The number of hydrogen-bond donors (Lipinski definition) is 2. The summed E-state index contributed by atoms with van der Waals surface area (Å²) in [5.74, 6) is -1.58. The Hall–Kier alpha value is -3.21. The third kappa shape index (κ3) is 5.53. The van der Waals surface area contributed by atoms with Gasteiger partial charge < -0.3 is 5.32 Å². The van der Waals surface area contributed by atoms with Crippen molar-refractivity contribution in [2.45, 2.75) is 13.3 Å². The van der Waals surface area contributed by atoms with Crippen molar-refractivity contribution < 1.29 is 9.59 Å². The molecule has 24 heavy (non-hydrogen) atoms. The molecule has 0 atom stereocenters. The van der Waals surface area contributed by atoms with Crippen molar-refractivity contribution in [3.63, 3.8) is 0 Å². The molecule has 0 aliphatic carbocycles. The van der Waals surface area contributed by atoms with Gasteiger partial charge in [0.25, 0.3) is 0 Å². The number of aryl methyl sites for hydroxylation is 1. The Morgan fingerprint density at radius 2 is 1.71 bits per heavy atom. The first-order chi connectivity index (χ1) is 11.7. The molecule has 2 amide bonds. The molecule has 5 nitrogen and oxygen atoms in total. The summed E-state index contributed by atoms with van der Waals surface area (Å²) in [6, 6.07) is 17.0. The summed E-state index contributed by atoms with van der Waals surface area (Å²) in [5.41, 5.74) is 4.93. The fourth-order valence-electron chi connectivity index (χ4n) is 1.92. The van der Waals surface area contributed by atoms with E-state index in [0.29, 0.717) is 5.69 Å². The summed E-state index contributed by atoms with van der Waals surface area (Å²) in [5, 5.41) is 6.22. The molecule has 0 bridgehead atoms. The lowest BCUT2D eigenvalue weighted by atomic mass is 10.1. The minimum Gasteiger partial charge on any atom is -0.318 e. The highest BCUT2D eigenvalue weighted by Crippen LogP contribution is 2.09. The number of anilines is 1. The standard InChI is InChI=1S/C19H19N3O2/c1-2-15-10-12-17(13-11-15)21-18(23)19(24)22-20-14-6-9-16-7-4-3-5-8-16/h3-14H,2H2,1H3,(H,21,23)(H,22,24). The highest BCUT2D eigenvalue weighted by Gasteiger charge is 2.12. The minimum atomic E-state index is -0.820. The van der Waals surface area contributed by atoms with Crippen molar-refractivity contribution in [1.82, 2.24) is 5.43 Å². The topological polar surface area (TPSA) is 70.6 Å². The number of benzene rings is 2. The van der Waals surface area contributed by atoms with Crippen LogP contribution in [0, 0.1) is 0 Å². The van der Waals surface area contributed by atoms with Crippen LogP contribution in [0.2, 0.25) is 0 Å². The molecule has 0 unspecified atom stereocenters. The van der Waals surface area contributed by atoms with Crippen LogP contribution in [-0.4, -0.2) is 18.0 Å². The zero-order chi connectivity index (χ0) is 17.2. The van der Waals surface area contributed by atoms with Gasteiger partial charge in [0.2, 0.25) is 0 Å². The Labute approximate surface area is 141 Å². The van der Waals surface area contributed by atoms with Crippen LogP contribution in [0.5, 0.6) is 0 Å². The molecular formula is C19H19N3O2. The fourth-order valence-corrected chi connectivity index (χ4v) is 1.92. The van der Waals surface area contributed by atoms with Gasteiger partial charge in [-0.2, -0.15) is 5.10 Å². The number of hydrogen-bond acceptors (Lipinski definition) is 3. The van der Waals surface area contributed by atoms with Crippen LogP contribution in [0.4, 0.5) is 5.69 Å². The Bertz CT molecular complexity index is 735. The van der Waals surface area contributed by atoms with Crippen molar-refractivity contribution in [2.75, 3.05) is 5.32 Å². The molecule has 2 rings (SSSR count). The van der Waals surface area contributed by atoms with Crippen LogP contribution in [0.3, 0.4) is 0 Å². The van der Waals surface area contributed by atoms with Crippen molar-refractivity contribution in [2.24, 2.45) is 5.10 Å². The molecule has 2 N–H and O–H groups in total.